The SMILES string of the molecule is CN(C(=O)C(F)(F)F)C(C)(C(=O)O)c1ccc(Cl)c(Cl)c1. The molecular weight excluding hydrogens is 334 g/mol. The van der Waals surface area contributed by atoms with Crippen LogP contribution in [0, 0.1) is 0 Å². The maximum absolute atomic E-state index is 12.5. The molecule has 0 aliphatic heterocycles. The van der Waals surface area contributed by atoms with Gasteiger partial charge in [0.2, 0.25) is 0 Å². The molecule has 4 nitrogen and oxygen atoms in total. The van der Waals surface area contributed by atoms with E-state index in [4.69, 9.17) is 23.2 Å². The molecule has 1 N–H and O–H groups in total. The van der Waals surface area contributed by atoms with E-state index >= 15 is 0 Å². The summed E-state index contributed by atoms with van der Waals surface area (Å²) in [6, 6.07) is 3.55. The van der Waals surface area contributed by atoms with Crippen molar-refractivity contribution >= 4 is 35.1 Å². The fraction of sp³-hybridized carbons (Fsp3) is 0.333. The highest BCUT2D eigenvalue weighted by Gasteiger charge is 2.50. The number of amides is 1. The van der Waals surface area contributed by atoms with Gasteiger partial charge in [0.05, 0.1) is 10.0 Å². The fourth-order valence-electron chi connectivity index (χ4n) is 1.65. The third-order valence-electron chi connectivity index (χ3n) is 3.12. The zero-order valence-electron chi connectivity index (χ0n) is 10.8. The smallest absolute Gasteiger partial charge is 0.471 e. The summed E-state index contributed by atoms with van der Waals surface area (Å²) in [7, 11) is 0.756. The lowest BCUT2D eigenvalue weighted by Crippen LogP contribution is -2.54. The first-order valence-corrected chi connectivity index (χ1v) is 6.22. The van der Waals surface area contributed by atoms with Gasteiger partial charge in [-0.2, -0.15) is 13.2 Å². The number of hydrogen-bond donors (Lipinski definition) is 1. The van der Waals surface area contributed by atoms with E-state index in [1.807, 2.05) is 0 Å². The van der Waals surface area contributed by atoms with Crippen molar-refractivity contribution in [3.63, 3.8) is 0 Å². The molecule has 0 bridgehead atoms. The topological polar surface area (TPSA) is 57.6 Å². The van der Waals surface area contributed by atoms with E-state index in [1.165, 1.54) is 12.1 Å². The summed E-state index contributed by atoms with van der Waals surface area (Å²) in [4.78, 5) is 22.9. The van der Waals surface area contributed by atoms with E-state index in [0.717, 1.165) is 20.0 Å². The van der Waals surface area contributed by atoms with E-state index in [1.54, 1.807) is 0 Å². The third kappa shape index (κ3) is 3.24. The van der Waals surface area contributed by atoms with Crippen molar-refractivity contribution in [1.29, 1.82) is 0 Å². The lowest BCUT2D eigenvalue weighted by atomic mass is 9.90. The number of likely N-dealkylation sites (N-methyl/N-ethyl adjacent to an activating group) is 1. The average molecular weight is 344 g/mol. The number of carboxylic acid groups (broad SMARTS) is 1. The number of hydrogen-bond acceptors (Lipinski definition) is 2. The molecule has 0 aromatic heterocycles. The Kier molecular flexibility index (Phi) is 4.80. The van der Waals surface area contributed by atoms with Gasteiger partial charge in [-0.05, 0) is 24.6 Å². The fourth-order valence-corrected chi connectivity index (χ4v) is 1.95. The number of halogens is 5. The lowest BCUT2D eigenvalue weighted by Gasteiger charge is -2.35. The van der Waals surface area contributed by atoms with Gasteiger partial charge in [0.25, 0.3) is 0 Å². The monoisotopic (exact) mass is 343 g/mol. The van der Waals surface area contributed by atoms with Gasteiger partial charge in [-0.3, -0.25) is 4.79 Å². The van der Waals surface area contributed by atoms with Crippen molar-refractivity contribution in [3.8, 4) is 0 Å². The van der Waals surface area contributed by atoms with E-state index in [2.05, 4.69) is 0 Å². The van der Waals surface area contributed by atoms with Crippen LogP contribution < -0.4 is 0 Å². The first-order valence-electron chi connectivity index (χ1n) is 5.46. The van der Waals surface area contributed by atoms with E-state index in [9.17, 15) is 27.9 Å². The lowest BCUT2D eigenvalue weighted by molar-refractivity contribution is -0.193. The molecular formula is C12H10Cl2F3NO3. The van der Waals surface area contributed by atoms with Crippen LogP contribution in [0.25, 0.3) is 0 Å². The van der Waals surface area contributed by atoms with Gasteiger partial charge in [0.1, 0.15) is 0 Å². The van der Waals surface area contributed by atoms with Gasteiger partial charge in [-0.25, -0.2) is 4.79 Å². The molecule has 0 fully saturated rings. The van der Waals surface area contributed by atoms with Crippen LogP contribution in [-0.4, -0.2) is 35.1 Å². The molecule has 1 atom stereocenters. The molecule has 0 spiro atoms. The molecule has 9 heteroatoms. The summed E-state index contributed by atoms with van der Waals surface area (Å²) in [5, 5.41) is 9.37. The summed E-state index contributed by atoms with van der Waals surface area (Å²) in [6.07, 6.45) is -5.19. The Morgan fingerprint density at radius 3 is 2.10 bits per heavy atom. The Morgan fingerprint density at radius 2 is 1.71 bits per heavy atom. The zero-order chi connectivity index (χ0) is 16.6. The van der Waals surface area contributed by atoms with Crippen molar-refractivity contribution < 1.29 is 27.9 Å². The molecule has 1 unspecified atom stereocenters. The highest BCUT2D eigenvalue weighted by atomic mass is 35.5. The van der Waals surface area contributed by atoms with Crippen LogP contribution in [0.2, 0.25) is 10.0 Å². The predicted molar refractivity (Wildman–Crippen MR) is 70.3 cm³/mol. The predicted octanol–water partition coefficient (Wildman–Crippen LogP) is 3.31. The summed E-state index contributed by atoms with van der Waals surface area (Å²) >= 11 is 11.4. The van der Waals surface area contributed by atoms with Crippen LogP contribution >= 0.6 is 23.2 Å². The van der Waals surface area contributed by atoms with Gasteiger partial charge < -0.3 is 10.0 Å². The van der Waals surface area contributed by atoms with Crippen LogP contribution in [0.3, 0.4) is 0 Å². The molecule has 0 saturated heterocycles. The standard InChI is InChI=1S/C12H10Cl2F3NO3/c1-11(10(20)21,18(2)9(19)12(15,16)17)6-3-4-7(13)8(14)5-6/h3-5H,1-2H3,(H,20,21). The van der Waals surface area contributed by atoms with Gasteiger partial charge in [-0.15, -0.1) is 0 Å². The summed E-state index contributed by atoms with van der Waals surface area (Å²) in [6.45, 7) is 0.971. The van der Waals surface area contributed by atoms with Gasteiger partial charge >= 0.3 is 18.1 Å². The Balaban J connectivity index is 3.42. The molecule has 21 heavy (non-hydrogen) atoms. The molecule has 0 aliphatic rings. The minimum atomic E-state index is -5.19. The number of rotatable bonds is 3. The van der Waals surface area contributed by atoms with Crippen molar-refractivity contribution in [2.45, 2.75) is 18.6 Å². The number of carbonyl (C=O) groups excluding carboxylic acids is 1. The maximum atomic E-state index is 12.5. The average Bonchev–Trinajstić information content (AvgIpc) is 2.37. The summed E-state index contributed by atoms with van der Waals surface area (Å²) in [5.41, 5.74) is -2.36. The molecule has 0 heterocycles. The van der Waals surface area contributed by atoms with E-state index in [0.29, 0.717) is 0 Å². The van der Waals surface area contributed by atoms with Crippen molar-refractivity contribution in [3.05, 3.63) is 33.8 Å². The first kappa shape index (κ1) is 17.6. The number of alkyl halides is 3. The second-order valence-electron chi connectivity index (χ2n) is 4.37. The number of carboxylic acids is 1. The number of nitrogens with zero attached hydrogens (tertiary/aromatic N) is 1. The molecule has 0 saturated carbocycles. The Morgan fingerprint density at radius 1 is 1.19 bits per heavy atom. The van der Waals surface area contributed by atoms with E-state index in [-0.39, 0.29) is 20.5 Å². The largest absolute Gasteiger partial charge is 0.479 e. The van der Waals surface area contributed by atoms with E-state index < -0.39 is 23.6 Å². The Hall–Kier alpha value is -1.47. The van der Waals surface area contributed by atoms with Gasteiger partial charge in [-0.1, -0.05) is 29.3 Å². The van der Waals surface area contributed by atoms with Crippen LogP contribution in [0.5, 0.6) is 0 Å². The molecule has 1 aromatic carbocycles. The normalized spacial score (nSPS) is 14.4. The molecule has 1 amide bonds. The van der Waals surface area contributed by atoms with Crippen molar-refractivity contribution in [1.82, 2.24) is 4.90 Å². The number of aliphatic carboxylic acids is 1. The zero-order valence-corrected chi connectivity index (χ0v) is 12.3. The van der Waals surface area contributed by atoms with Crippen LogP contribution in [0.1, 0.15) is 12.5 Å². The molecule has 1 rings (SSSR count). The van der Waals surface area contributed by atoms with Crippen LogP contribution in [-0.2, 0) is 15.1 Å². The van der Waals surface area contributed by atoms with Gasteiger partial charge in [0.15, 0.2) is 5.54 Å². The molecule has 0 aliphatic carbocycles. The second-order valence-corrected chi connectivity index (χ2v) is 5.18. The second kappa shape index (κ2) is 5.73. The minimum absolute atomic E-state index is 0.0329. The Labute approximate surface area is 128 Å². The third-order valence-corrected chi connectivity index (χ3v) is 3.86. The van der Waals surface area contributed by atoms with Crippen LogP contribution in [0.4, 0.5) is 13.2 Å². The van der Waals surface area contributed by atoms with Crippen molar-refractivity contribution in [2.24, 2.45) is 0 Å². The Bertz CT molecular complexity index is 592. The van der Waals surface area contributed by atoms with Crippen LogP contribution in [0.15, 0.2) is 18.2 Å². The highest BCUT2D eigenvalue weighted by Crippen LogP contribution is 2.34. The van der Waals surface area contributed by atoms with Gasteiger partial charge in [0, 0.05) is 7.05 Å². The first-order chi connectivity index (χ1) is 9.42. The molecule has 116 valence electrons. The number of benzene rings is 1. The molecule has 1 aromatic rings. The quantitative estimate of drug-likeness (QED) is 0.915. The van der Waals surface area contributed by atoms with Crippen molar-refractivity contribution in [2.75, 3.05) is 7.05 Å². The highest BCUT2D eigenvalue weighted by molar-refractivity contribution is 6.42. The summed E-state index contributed by atoms with van der Waals surface area (Å²) < 4.78 is 37.6. The summed E-state index contributed by atoms with van der Waals surface area (Å²) in [5.74, 6) is -3.92. The molecule has 0 radical (unpaired) electrons. The maximum Gasteiger partial charge on any atom is 0.471 e. The number of carbonyl (C=O) groups is 2. The minimum Gasteiger partial charge on any atom is -0.479 e.